The van der Waals surface area contributed by atoms with E-state index in [9.17, 15) is 24.4 Å². The van der Waals surface area contributed by atoms with Gasteiger partial charge in [0.2, 0.25) is 5.91 Å². The van der Waals surface area contributed by atoms with Crippen LogP contribution in [0.5, 0.6) is 0 Å². The Morgan fingerprint density at radius 3 is 2.60 bits per heavy atom. The molecule has 1 atom stereocenters. The predicted octanol–water partition coefficient (Wildman–Crippen LogP) is 4.35. The number of amides is 1. The van der Waals surface area contributed by atoms with Crippen molar-refractivity contribution in [2.45, 2.75) is 13.2 Å². The van der Waals surface area contributed by atoms with Crippen molar-refractivity contribution in [2.24, 2.45) is 0 Å². The summed E-state index contributed by atoms with van der Waals surface area (Å²) in [6, 6.07) is 12.9. The van der Waals surface area contributed by atoms with Crippen LogP contribution in [0.25, 0.3) is 33.3 Å². The molecular weight excluding hydrogens is 531 g/mol. The summed E-state index contributed by atoms with van der Waals surface area (Å²) in [6.45, 7) is 2.15. The van der Waals surface area contributed by atoms with Crippen molar-refractivity contribution >= 4 is 30.5 Å². The van der Waals surface area contributed by atoms with E-state index >= 15 is 0 Å². The lowest BCUT2D eigenvalue weighted by Gasteiger charge is -2.17. The molecule has 12 heteroatoms. The zero-order chi connectivity index (χ0) is 29.0. The topological polar surface area (TPSA) is 145 Å². The average Bonchev–Trinajstić information content (AvgIpc) is 3.31. The largest absolute Gasteiger partial charge is 0.471 e. The van der Waals surface area contributed by atoms with Crippen LogP contribution in [-0.4, -0.2) is 62.8 Å². The molecule has 1 amide bonds. The molecule has 0 radical (unpaired) electrons. The van der Waals surface area contributed by atoms with Crippen molar-refractivity contribution in [3.8, 4) is 28.3 Å². The Labute approximate surface area is 231 Å². The van der Waals surface area contributed by atoms with E-state index in [0.717, 1.165) is 5.56 Å². The number of pyridine rings is 2. The second-order valence-corrected chi connectivity index (χ2v) is 10.6. The van der Waals surface area contributed by atoms with Crippen molar-refractivity contribution in [2.75, 3.05) is 32.6 Å². The summed E-state index contributed by atoms with van der Waals surface area (Å²) in [5.41, 5.74) is 4.35. The Kier molecular flexibility index (Phi) is 8.59. The first-order valence-corrected chi connectivity index (χ1v) is 13.8. The number of rotatable bonds is 9. The van der Waals surface area contributed by atoms with Crippen LogP contribution >= 0.6 is 7.82 Å². The third kappa shape index (κ3) is 6.69. The lowest BCUT2D eigenvalue weighted by Crippen LogP contribution is -2.24. The second kappa shape index (κ2) is 11.9. The van der Waals surface area contributed by atoms with E-state index in [2.05, 4.69) is 16.0 Å². The fourth-order valence-electron chi connectivity index (χ4n) is 4.17. The number of phosphoric acid groups is 1. The van der Waals surface area contributed by atoms with E-state index in [-0.39, 0.29) is 5.91 Å². The third-order valence-corrected chi connectivity index (χ3v) is 6.74. The molecule has 4 rings (SSSR count). The van der Waals surface area contributed by atoms with Crippen LogP contribution in [0.4, 0.5) is 5.69 Å². The molecule has 40 heavy (non-hydrogen) atoms. The molecule has 0 spiro atoms. The number of aromatic nitrogens is 3. The first-order chi connectivity index (χ1) is 19.0. The van der Waals surface area contributed by atoms with Crippen molar-refractivity contribution in [1.82, 2.24) is 19.4 Å². The van der Waals surface area contributed by atoms with Gasteiger partial charge >= 0.3 is 7.82 Å². The summed E-state index contributed by atoms with van der Waals surface area (Å²) in [5, 5.41) is 10.1. The summed E-state index contributed by atoms with van der Waals surface area (Å²) in [5.74, 6) is -0.190. The van der Waals surface area contributed by atoms with Crippen LogP contribution in [0.3, 0.4) is 0 Å². The van der Waals surface area contributed by atoms with Gasteiger partial charge < -0.3 is 24.2 Å². The Balaban J connectivity index is 1.78. The van der Waals surface area contributed by atoms with E-state index in [4.69, 9.17) is 4.52 Å². The maximum Gasteiger partial charge on any atom is 0.471 e. The van der Waals surface area contributed by atoms with Crippen LogP contribution in [0.1, 0.15) is 18.7 Å². The monoisotopic (exact) mass is 560 g/mol. The second-order valence-electron chi connectivity index (χ2n) is 9.43. The van der Waals surface area contributed by atoms with Crippen molar-refractivity contribution in [3.63, 3.8) is 0 Å². The highest BCUT2D eigenvalue weighted by Gasteiger charge is 2.23. The van der Waals surface area contributed by atoms with Gasteiger partial charge in [-0.05, 0) is 50.8 Å². The molecular formula is C28H29N6O5P. The summed E-state index contributed by atoms with van der Waals surface area (Å²) in [7, 11) is 0.738. The van der Waals surface area contributed by atoms with Crippen LogP contribution in [0.2, 0.25) is 0 Å². The van der Waals surface area contributed by atoms with Gasteiger partial charge in [0.1, 0.15) is 11.9 Å². The normalized spacial score (nSPS) is 12.7. The molecule has 0 saturated carbocycles. The third-order valence-electron chi connectivity index (χ3n) is 6.16. The molecule has 3 heterocycles. The highest BCUT2D eigenvalue weighted by Crippen LogP contribution is 2.42. The Morgan fingerprint density at radius 1 is 1.15 bits per heavy atom. The smallest absolute Gasteiger partial charge is 0.310 e. The van der Waals surface area contributed by atoms with E-state index in [1.54, 1.807) is 56.1 Å². The lowest BCUT2D eigenvalue weighted by atomic mass is 10.0. The predicted molar refractivity (Wildman–Crippen MR) is 152 cm³/mol. The molecule has 2 N–H and O–H groups in total. The molecule has 206 valence electrons. The molecule has 0 aliphatic heterocycles. The zero-order valence-electron chi connectivity index (χ0n) is 22.5. The van der Waals surface area contributed by atoms with Crippen LogP contribution in [0.15, 0.2) is 73.3 Å². The highest BCUT2D eigenvalue weighted by atomic mass is 31.2. The molecule has 0 saturated heterocycles. The summed E-state index contributed by atoms with van der Waals surface area (Å²) >= 11 is 0. The maximum atomic E-state index is 12.7. The molecule has 0 aliphatic carbocycles. The van der Waals surface area contributed by atoms with Gasteiger partial charge in [-0.3, -0.25) is 14.3 Å². The summed E-state index contributed by atoms with van der Waals surface area (Å²) in [6.07, 6.45) is 8.87. The fourth-order valence-corrected chi connectivity index (χ4v) is 4.67. The van der Waals surface area contributed by atoms with Crippen molar-refractivity contribution in [3.05, 3.63) is 78.9 Å². The first kappa shape index (κ1) is 28.8. The average molecular weight is 561 g/mol. The molecule has 3 aromatic heterocycles. The Hall–Kier alpha value is -4.17. The van der Waals surface area contributed by atoms with E-state index in [1.807, 2.05) is 37.2 Å². The van der Waals surface area contributed by atoms with Gasteiger partial charge in [-0.2, -0.15) is 5.26 Å². The standard InChI is InChI=1S/C28H29N6O5P/c1-19(39-40(36,37)38)34-18-26(21-8-5-7-20(11-21)14-29)25-13-23(16-31-28(25)34)22-12-24(17-30-15-22)33(4)27(35)9-6-10-32(2)3/h5-9,11-13,15-19H,10H2,1-4H3,(H2,36,37,38)/b9-6+. The number of phosphoric ester groups is 1. The summed E-state index contributed by atoms with van der Waals surface area (Å²) in [4.78, 5) is 43.8. The van der Waals surface area contributed by atoms with Gasteiger partial charge in [0.25, 0.3) is 0 Å². The first-order valence-electron chi connectivity index (χ1n) is 12.3. The van der Waals surface area contributed by atoms with E-state index in [1.165, 1.54) is 22.5 Å². The van der Waals surface area contributed by atoms with Gasteiger partial charge in [-0.1, -0.05) is 18.2 Å². The Bertz CT molecular complexity index is 1670. The number of nitriles is 1. The molecule has 0 aliphatic rings. The van der Waals surface area contributed by atoms with Gasteiger partial charge in [0, 0.05) is 60.3 Å². The van der Waals surface area contributed by atoms with Gasteiger partial charge in [0.15, 0.2) is 0 Å². The minimum absolute atomic E-state index is 0.190. The van der Waals surface area contributed by atoms with Gasteiger partial charge in [0.05, 0.1) is 23.5 Å². The molecule has 1 aromatic carbocycles. The number of likely N-dealkylation sites (N-methyl/N-ethyl adjacent to an activating group) is 2. The molecule has 0 fully saturated rings. The fraction of sp³-hybridized carbons (Fsp3) is 0.214. The molecule has 1 unspecified atom stereocenters. The SMILES string of the molecule is CC(OP(=O)(O)O)n1cc(-c2cccc(C#N)c2)c2cc(-c3cncc(N(C)C(=O)/C=C/CN(C)C)c3)cnc21. The van der Waals surface area contributed by atoms with Crippen LogP contribution in [-0.2, 0) is 13.9 Å². The minimum Gasteiger partial charge on any atom is -0.310 e. The number of anilines is 1. The van der Waals surface area contributed by atoms with E-state index < -0.39 is 14.1 Å². The molecule has 11 nitrogen and oxygen atoms in total. The van der Waals surface area contributed by atoms with Gasteiger partial charge in [-0.15, -0.1) is 0 Å². The Morgan fingerprint density at radius 2 is 1.90 bits per heavy atom. The molecule has 0 bridgehead atoms. The van der Waals surface area contributed by atoms with Crippen molar-refractivity contribution < 1.29 is 23.7 Å². The zero-order valence-corrected chi connectivity index (χ0v) is 23.4. The van der Waals surface area contributed by atoms with E-state index in [0.29, 0.717) is 45.5 Å². The number of benzene rings is 1. The van der Waals surface area contributed by atoms with Crippen LogP contribution < -0.4 is 4.90 Å². The number of carbonyl (C=O) groups excluding carboxylic acids is 1. The highest BCUT2D eigenvalue weighted by molar-refractivity contribution is 7.46. The minimum atomic E-state index is -4.77. The number of fused-ring (bicyclic) bond motifs is 1. The number of carbonyl (C=O) groups is 1. The number of hydrogen-bond donors (Lipinski definition) is 2. The maximum absolute atomic E-state index is 12.7. The quantitative estimate of drug-likeness (QED) is 0.225. The number of nitrogens with zero attached hydrogens (tertiary/aromatic N) is 6. The lowest BCUT2D eigenvalue weighted by molar-refractivity contribution is -0.113. The number of hydrogen-bond acceptors (Lipinski definition) is 7. The van der Waals surface area contributed by atoms with Crippen molar-refractivity contribution in [1.29, 1.82) is 5.26 Å². The van der Waals surface area contributed by atoms with Gasteiger partial charge in [-0.25, -0.2) is 9.55 Å². The molecule has 4 aromatic rings. The van der Waals surface area contributed by atoms with Crippen LogP contribution in [0, 0.1) is 11.3 Å². The summed E-state index contributed by atoms with van der Waals surface area (Å²) < 4.78 is 18.0.